The first-order valence-corrected chi connectivity index (χ1v) is 6.58. The molecule has 1 aromatic heterocycles. The summed E-state index contributed by atoms with van der Waals surface area (Å²) in [6, 6.07) is 5.75. The van der Waals surface area contributed by atoms with Crippen molar-refractivity contribution in [2.45, 2.75) is 38.6 Å². The number of hydrogen-bond donors (Lipinski definition) is 1. The average Bonchev–Trinajstić information content (AvgIpc) is 2.39. The van der Waals surface area contributed by atoms with Gasteiger partial charge in [0.05, 0.1) is 12.2 Å². The standard InChI is InChI=1S/C14H23N3O/c1-17(12-13-8-5-7-11-16-13)14(18)9-4-2-3-6-10-15/h5,7-8,11H,2-4,6,9-10,12,15H2,1H3. The molecule has 1 rings (SSSR count). The van der Waals surface area contributed by atoms with Gasteiger partial charge in [-0.25, -0.2) is 0 Å². The molecule has 1 heterocycles. The van der Waals surface area contributed by atoms with Crippen molar-refractivity contribution in [1.82, 2.24) is 9.88 Å². The molecule has 0 saturated heterocycles. The highest BCUT2D eigenvalue weighted by Gasteiger charge is 2.08. The highest BCUT2D eigenvalue weighted by molar-refractivity contribution is 5.75. The zero-order valence-corrected chi connectivity index (χ0v) is 11.1. The predicted octanol–water partition coefficient (Wildman–Crippen LogP) is 1.95. The van der Waals surface area contributed by atoms with E-state index in [-0.39, 0.29) is 5.91 Å². The Morgan fingerprint density at radius 2 is 2.06 bits per heavy atom. The molecule has 0 unspecified atom stereocenters. The predicted molar refractivity (Wildman–Crippen MR) is 72.9 cm³/mol. The maximum atomic E-state index is 11.9. The minimum Gasteiger partial charge on any atom is -0.340 e. The van der Waals surface area contributed by atoms with Crippen LogP contribution in [-0.2, 0) is 11.3 Å². The van der Waals surface area contributed by atoms with Gasteiger partial charge < -0.3 is 10.6 Å². The van der Waals surface area contributed by atoms with Crippen molar-refractivity contribution in [2.75, 3.05) is 13.6 Å². The number of rotatable bonds is 8. The summed E-state index contributed by atoms with van der Waals surface area (Å²) in [6.45, 7) is 1.33. The largest absolute Gasteiger partial charge is 0.340 e. The SMILES string of the molecule is CN(Cc1ccccn1)C(=O)CCCCCCN. The van der Waals surface area contributed by atoms with Crippen molar-refractivity contribution in [3.8, 4) is 0 Å². The third-order valence-corrected chi connectivity index (χ3v) is 2.90. The lowest BCUT2D eigenvalue weighted by atomic mass is 10.1. The number of pyridine rings is 1. The number of nitrogens with two attached hydrogens (primary N) is 1. The number of carbonyl (C=O) groups excluding carboxylic acids is 1. The van der Waals surface area contributed by atoms with Crippen LogP contribution in [0.1, 0.15) is 37.8 Å². The van der Waals surface area contributed by atoms with Crippen molar-refractivity contribution in [3.05, 3.63) is 30.1 Å². The number of carbonyl (C=O) groups is 1. The fourth-order valence-corrected chi connectivity index (χ4v) is 1.79. The molecule has 0 atom stereocenters. The van der Waals surface area contributed by atoms with Crippen LogP contribution < -0.4 is 5.73 Å². The number of hydrogen-bond acceptors (Lipinski definition) is 3. The molecule has 4 heteroatoms. The van der Waals surface area contributed by atoms with E-state index >= 15 is 0 Å². The van der Waals surface area contributed by atoms with E-state index in [2.05, 4.69) is 4.98 Å². The molecule has 0 radical (unpaired) electrons. The summed E-state index contributed by atoms with van der Waals surface area (Å²) in [6.07, 6.45) is 6.58. The zero-order valence-electron chi connectivity index (χ0n) is 11.1. The molecule has 0 spiro atoms. The molecule has 1 amide bonds. The molecule has 0 aliphatic carbocycles. The molecule has 100 valence electrons. The van der Waals surface area contributed by atoms with Gasteiger partial charge in [0.2, 0.25) is 5.91 Å². The zero-order chi connectivity index (χ0) is 13.2. The van der Waals surface area contributed by atoms with E-state index in [1.807, 2.05) is 25.2 Å². The summed E-state index contributed by atoms with van der Waals surface area (Å²) in [5, 5.41) is 0. The quantitative estimate of drug-likeness (QED) is 0.716. The fourth-order valence-electron chi connectivity index (χ4n) is 1.79. The molecule has 18 heavy (non-hydrogen) atoms. The van der Waals surface area contributed by atoms with Gasteiger partial charge in [0.15, 0.2) is 0 Å². The first-order chi connectivity index (χ1) is 8.74. The number of amides is 1. The van der Waals surface area contributed by atoms with Crippen molar-refractivity contribution in [2.24, 2.45) is 5.73 Å². The van der Waals surface area contributed by atoms with Gasteiger partial charge in [0.1, 0.15) is 0 Å². The molecule has 0 saturated carbocycles. The van der Waals surface area contributed by atoms with Crippen molar-refractivity contribution >= 4 is 5.91 Å². The molecule has 2 N–H and O–H groups in total. The molecule has 0 aliphatic rings. The Hall–Kier alpha value is -1.42. The van der Waals surface area contributed by atoms with E-state index < -0.39 is 0 Å². The minimum atomic E-state index is 0.188. The van der Waals surface area contributed by atoms with Crippen LogP contribution in [0.25, 0.3) is 0 Å². The van der Waals surface area contributed by atoms with Gasteiger partial charge in [-0.05, 0) is 31.5 Å². The van der Waals surface area contributed by atoms with Crippen LogP contribution in [0.5, 0.6) is 0 Å². The molecular weight excluding hydrogens is 226 g/mol. The van der Waals surface area contributed by atoms with Gasteiger partial charge in [0.25, 0.3) is 0 Å². The Kier molecular flexibility index (Phi) is 7.03. The van der Waals surface area contributed by atoms with Crippen LogP contribution >= 0.6 is 0 Å². The Morgan fingerprint density at radius 3 is 2.72 bits per heavy atom. The van der Waals surface area contributed by atoms with Crippen molar-refractivity contribution in [1.29, 1.82) is 0 Å². The van der Waals surface area contributed by atoms with E-state index in [0.717, 1.165) is 37.9 Å². The molecule has 1 aromatic rings. The summed E-state index contributed by atoms with van der Waals surface area (Å²) in [4.78, 5) is 17.8. The van der Waals surface area contributed by atoms with Crippen LogP contribution in [0, 0.1) is 0 Å². The number of aromatic nitrogens is 1. The van der Waals surface area contributed by atoms with Crippen LogP contribution in [-0.4, -0.2) is 29.4 Å². The highest BCUT2D eigenvalue weighted by atomic mass is 16.2. The van der Waals surface area contributed by atoms with Gasteiger partial charge in [-0.2, -0.15) is 0 Å². The molecule has 0 bridgehead atoms. The van der Waals surface area contributed by atoms with E-state index in [9.17, 15) is 4.79 Å². The fraction of sp³-hybridized carbons (Fsp3) is 0.571. The van der Waals surface area contributed by atoms with Crippen LogP contribution in [0.15, 0.2) is 24.4 Å². The second-order valence-electron chi connectivity index (χ2n) is 4.52. The monoisotopic (exact) mass is 249 g/mol. The van der Waals surface area contributed by atoms with Gasteiger partial charge in [0, 0.05) is 19.7 Å². The summed E-state index contributed by atoms with van der Waals surface area (Å²) >= 11 is 0. The Bertz CT molecular complexity index is 340. The van der Waals surface area contributed by atoms with Gasteiger partial charge in [-0.3, -0.25) is 9.78 Å². The maximum absolute atomic E-state index is 11.9. The van der Waals surface area contributed by atoms with Crippen LogP contribution in [0.4, 0.5) is 0 Å². The Balaban J connectivity index is 2.21. The second kappa shape index (κ2) is 8.64. The molecular formula is C14H23N3O. The maximum Gasteiger partial charge on any atom is 0.222 e. The van der Waals surface area contributed by atoms with Gasteiger partial charge >= 0.3 is 0 Å². The smallest absolute Gasteiger partial charge is 0.222 e. The number of unbranched alkanes of at least 4 members (excludes halogenated alkanes) is 3. The van der Waals surface area contributed by atoms with E-state index in [4.69, 9.17) is 5.73 Å². The Morgan fingerprint density at radius 1 is 1.28 bits per heavy atom. The summed E-state index contributed by atoms with van der Waals surface area (Å²) in [5.74, 6) is 0.188. The summed E-state index contributed by atoms with van der Waals surface area (Å²) < 4.78 is 0. The van der Waals surface area contributed by atoms with Crippen LogP contribution in [0.3, 0.4) is 0 Å². The molecule has 0 aliphatic heterocycles. The summed E-state index contributed by atoms with van der Waals surface area (Å²) in [5.41, 5.74) is 6.35. The average molecular weight is 249 g/mol. The lowest BCUT2D eigenvalue weighted by Crippen LogP contribution is -2.26. The van der Waals surface area contributed by atoms with Gasteiger partial charge in [-0.1, -0.05) is 18.9 Å². The van der Waals surface area contributed by atoms with Crippen molar-refractivity contribution in [3.63, 3.8) is 0 Å². The molecule has 0 aromatic carbocycles. The normalized spacial score (nSPS) is 10.3. The van der Waals surface area contributed by atoms with Crippen LogP contribution in [0.2, 0.25) is 0 Å². The summed E-state index contributed by atoms with van der Waals surface area (Å²) in [7, 11) is 1.83. The van der Waals surface area contributed by atoms with E-state index in [1.165, 1.54) is 0 Å². The first-order valence-electron chi connectivity index (χ1n) is 6.58. The lowest BCUT2D eigenvalue weighted by Gasteiger charge is -2.16. The molecule has 4 nitrogen and oxygen atoms in total. The second-order valence-corrected chi connectivity index (χ2v) is 4.52. The lowest BCUT2D eigenvalue weighted by molar-refractivity contribution is -0.130. The van der Waals surface area contributed by atoms with Crippen molar-refractivity contribution < 1.29 is 4.79 Å². The number of nitrogens with zero attached hydrogens (tertiary/aromatic N) is 2. The topological polar surface area (TPSA) is 59.2 Å². The first kappa shape index (κ1) is 14.6. The third kappa shape index (κ3) is 5.77. The minimum absolute atomic E-state index is 0.188. The highest BCUT2D eigenvalue weighted by Crippen LogP contribution is 2.06. The Labute approximate surface area is 109 Å². The van der Waals surface area contributed by atoms with Gasteiger partial charge in [-0.15, -0.1) is 0 Å². The third-order valence-electron chi connectivity index (χ3n) is 2.90. The molecule has 0 fully saturated rings. The van der Waals surface area contributed by atoms with E-state index in [1.54, 1.807) is 11.1 Å². The van der Waals surface area contributed by atoms with E-state index in [0.29, 0.717) is 13.0 Å².